The molecular weight excluding hydrogens is 479 g/mol. The number of carbonyl (C=O) groups is 1. The lowest BCUT2D eigenvalue weighted by molar-refractivity contribution is -0.136. The fourth-order valence-corrected chi connectivity index (χ4v) is 4.72. The van der Waals surface area contributed by atoms with E-state index in [0.717, 1.165) is 6.07 Å². The molecule has 35 heavy (non-hydrogen) atoms. The Morgan fingerprint density at radius 1 is 1.00 bits per heavy atom. The van der Waals surface area contributed by atoms with Crippen molar-refractivity contribution in [2.24, 2.45) is 0 Å². The van der Waals surface area contributed by atoms with Gasteiger partial charge in [-0.1, -0.05) is 37.3 Å². The molecule has 1 heterocycles. The third-order valence-electron chi connectivity index (χ3n) is 5.53. The second-order valence-electron chi connectivity index (χ2n) is 7.86. The van der Waals surface area contributed by atoms with Gasteiger partial charge < -0.3 is 4.74 Å². The van der Waals surface area contributed by atoms with Crippen molar-refractivity contribution in [1.82, 2.24) is 4.98 Å². The fourth-order valence-electron chi connectivity index (χ4n) is 3.80. The maximum Gasteiger partial charge on any atom is 0.418 e. The van der Waals surface area contributed by atoms with Crippen LogP contribution in [-0.2, 0) is 16.0 Å². The average molecular weight is 500 g/mol. The van der Waals surface area contributed by atoms with Gasteiger partial charge in [0.2, 0.25) is 0 Å². The summed E-state index contributed by atoms with van der Waals surface area (Å²) >= 11 is 0. The Labute approximate surface area is 200 Å². The Hall–Kier alpha value is -3.72. The number of sulfone groups is 1. The van der Waals surface area contributed by atoms with E-state index in [0.29, 0.717) is 22.1 Å². The number of ether oxygens (including phenoxy) is 1. The first-order chi connectivity index (χ1) is 16.5. The van der Waals surface area contributed by atoms with Crippen LogP contribution in [0.15, 0.2) is 77.8 Å². The van der Waals surface area contributed by atoms with Crippen LogP contribution in [0, 0.1) is 6.92 Å². The molecule has 4 aromatic rings. The van der Waals surface area contributed by atoms with E-state index in [2.05, 4.69) is 4.98 Å². The highest BCUT2D eigenvalue weighted by molar-refractivity contribution is 7.91. The third kappa shape index (κ3) is 4.90. The molecule has 0 fully saturated rings. The van der Waals surface area contributed by atoms with Gasteiger partial charge in [-0.25, -0.2) is 13.2 Å². The van der Waals surface area contributed by atoms with E-state index >= 15 is 0 Å². The number of hydrogen-bond acceptors (Lipinski definition) is 5. The second kappa shape index (κ2) is 9.14. The van der Waals surface area contributed by atoms with Gasteiger partial charge in [0.05, 0.1) is 27.3 Å². The van der Waals surface area contributed by atoms with E-state index in [1.807, 2.05) is 0 Å². The zero-order valence-corrected chi connectivity index (χ0v) is 19.6. The molecule has 0 amide bonds. The van der Waals surface area contributed by atoms with Gasteiger partial charge >= 0.3 is 12.1 Å². The summed E-state index contributed by atoms with van der Waals surface area (Å²) in [5.74, 6) is -0.707. The predicted molar refractivity (Wildman–Crippen MR) is 126 cm³/mol. The van der Waals surface area contributed by atoms with Crippen LogP contribution in [-0.4, -0.2) is 25.1 Å². The minimum absolute atomic E-state index is 0.0162. The van der Waals surface area contributed by atoms with E-state index in [1.54, 1.807) is 31.2 Å². The maximum atomic E-state index is 13.5. The number of benzene rings is 3. The third-order valence-corrected chi connectivity index (χ3v) is 7.27. The van der Waals surface area contributed by atoms with E-state index in [1.165, 1.54) is 49.5 Å². The zero-order chi connectivity index (χ0) is 25.4. The number of aromatic nitrogens is 1. The molecule has 0 saturated carbocycles. The van der Waals surface area contributed by atoms with Crippen LogP contribution >= 0.6 is 0 Å². The van der Waals surface area contributed by atoms with Crippen LogP contribution in [0.3, 0.4) is 0 Å². The van der Waals surface area contributed by atoms with Crippen molar-refractivity contribution in [3.05, 3.63) is 89.6 Å². The topological polar surface area (TPSA) is 73.3 Å². The minimum atomic E-state index is -4.56. The Kier molecular flexibility index (Phi) is 6.38. The second-order valence-corrected chi connectivity index (χ2v) is 10.1. The first-order valence-corrected chi connectivity index (χ1v) is 12.3. The molecule has 0 saturated heterocycles. The van der Waals surface area contributed by atoms with Crippen molar-refractivity contribution < 1.29 is 31.1 Å². The average Bonchev–Trinajstić information content (AvgIpc) is 2.83. The molecular formula is C26H20F3NO4S. The highest BCUT2D eigenvalue weighted by Gasteiger charge is 2.33. The molecule has 0 aliphatic rings. The van der Waals surface area contributed by atoms with Gasteiger partial charge in [-0.2, -0.15) is 13.2 Å². The standard InChI is InChI=1S/C26H20F3NO4S/c1-3-35(32,33)20-10-5-8-18(14-20)25(31)34-19-9-4-7-17(13-19)23-16(2)15-30-24-21(23)11-6-12-22(24)26(27,28)29/h4-15H,3H2,1-2H3. The summed E-state index contributed by atoms with van der Waals surface area (Å²) in [6, 6.07) is 15.9. The van der Waals surface area contributed by atoms with Gasteiger partial charge in [-0.3, -0.25) is 4.98 Å². The number of nitrogens with zero attached hydrogens (tertiary/aromatic N) is 1. The van der Waals surface area contributed by atoms with Gasteiger partial charge in [-0.15, -0.1) is 0 Å². The van der Waals surface area contributed by atoms with Crippen molar-refractivity contribution in [3.63, 3.8) is 0 Å². The summed E-state index contributed by atoms with van der Waals surface area (Å²) in [4.78, 5) is 16.8. The SMILES string of the molecule is CCS(=O)(=O)c1cccc(C(=O)Oc2cccc(-c3c(C)cnc4c(C(F)(F)F)cccc34)c2)c1. The molecule has 5 nitrogen and oxygen atoms in total. The van der Waals surface area contributed by atoms with Gasteiger partial charge in [0, 0.05) is 11.6 Å². The molecule has 1 aromatic heterocycles. The van der Waals surface area contributed by atoms with Crippen molar-refractivity contribution in [1.29, 1.82) is 0 Å². The number of carbonyl (C=O) groups excluding carboxylic acids is 1. The summed E-state index contributed by atoms with van der Waals surface area (Å²) in [6.45, 7) is 3.24. The van der Waals surface area contributed by atoms with Crippen LogP contribution in [0.4, 0.5) is 13.2 Å². The van der Waals surface area contributed by atoms with Crippen molar-refractivity contribution in [2.75, 3.05) is 5.75 Å². The molecule has 0 N–H and O–H groups in total. The van der Waals surface area contributed by atoms with Crippen LogP contribution < -0.4 is 4.74 Å². The number of hydrogen-bond donors (Lipinski definition) is 0. The number of rotatable bonds is 5. The van der Waals surface area contributed by atoms with E-state index in [-0.39, 0.29) is 27.5 Å². The van der Waals surface area contributed by atoms with Crippen LogP contribution in [0.1, 0.15) is 28.4 Å². The Bertz CT molecular complexity index is 1550. The number of fused-ring (bicyclic) bond motifs is 1. The van der Waals surface area contributed by atoms with Crippen molar-refractivity contribution >= 4 is 26.7 Å². The first-order valence-electron chi connectivity index (χ1n) is 10.6. The molecule has 3 aromatic carbocycles. The maximum absolute atomic E-state index is 13.5. The van der Waals surface area contributed by atoms with Crippen LogP contribution in [0.25, 0.3) is 22.0 Å². The molecule has 180 valence electrons. The number of para-hydroxylation sites is 1. The van der Waals surface area contributed by atoms with E-state index in [9.17, 15) is 26.4 Å². The van der Waals surface area contributed by atoms with Crippen molar-refractivity contribution in [3.8, 4) is 16.9 Å². The lowest BCUT2D eigenvalue weighted by Crippen LogP contribution is -2.11. The number of aryl methyl sites for hydroxylation is 1. The lowest BCUT2D eigenvalue weighted by atomic mass is 9.95. The molecule has 0 aliphatic carbocycles. The molecule has 9 heteroatoms. The van der Waals surface area contributed by atoms with Crippen LogP contribution in [0.2, 0.25) is 0 Å². The Morgan fingerprint density at radius 3 is 2.43 bits per heavy atom. The zero-order valence-electron chi connectivity index (χ0n) is 18.8. The monoisotopic (exact) mass is 499 g/mol. The summed E-state index contributed by atoms with van der Waals surface area (Å²) < 4.78 is 70.3. The van der Waals surface area contributed by atoms with Gasteiger partial charge in [-0.05, 0) is 60.0 Å². The first kappa shape index (κ1) is 24.4. The van der Waals surface area contributed by atoms with Gasteiger partial charge in [0.25, 0.3) is 0 Å². The highest BCUT2D eigenvalue weighted by atomic mass is 32.2. The molecule has 0 atom stereocenters. The Morgan fingerprint density at radius 2 is 1.71 bits per heavy atom. The minimum Gasteiger partial charge on any atom is -0.423 e. The molecule has 0 spiro atoms. The number of alkyl halides is 3. The summed E-state index contributed by atoms with van der Waals surface area (Å²) in [7, 11) is -3.50. The molecule has 4 rings (SSSR count). The molecule has 0 radical (unpaired) electrons. The van der Waals surface area contributed by atoms with E-state index in [4.69, 9.17) is 4.74 Å². The fraction of sp³-hybridized carbons (Fsp3) is 0.154. The highest BCUT2D eigenvalue weighted by Crippen LogP contribution is 2.38. The van der Waals surface area contributed by atoms with Gasteiger partial charge in [0.15, 0.2) is 9.84 Å². The largest absolute Gasteiger partial charge is 0.423 e. The Balaban J connectivity index is 1.73. The summed E-state index contributed by atoms with van der Waals surface area (Å²) in [5, 5.41) is 0.320. The van der Waals surface area contributed by atoms with Crippen molar-refractivity contribution in [2.45, 2.75) is 24.9 Å². The molecule has 0 unspecified atom stereocenters. The summed E-state index contributed by atoms with van der Waals surface area (Å²) in [5.41, 5.74) is 0.789. The van der Waals surface area contributed by atoms with Gasteiger partial charge in [0.1, 0.15) is 5.75 Å². The number of halogens is 3. The summed E-state index contributed by atoms with van der Waals surface area (Å²) in [6.07, 6.45) is -3.18. The smallest absolute Gasteiger partial charge is 0.418 e. The lowest BCUT2D eigenvalue weighted by Gasteiger charge is -2.15. The normalized spacial score (nSPS) is 12.0. The molecule has 0 bridgehead atoms. The molecule has 0 aliphatic heterocycles. The number of pyridine rings is 1. The number of esters is 1. The van der Waals surface area contributed by atoms with Crippen LogP contribution in [0.5, 0.6) is 5.75 Å². The van der Waals surface area contributed by atoms with E-state index < -0.39 is 27.5 Å². The predicted octanol–water partition coefficient (Wildman–Crippen LogP) is 6.24. The quantitative estimate of drug-likeness (QED) is 0.240.